The summed E-state index contributed by atoms with van der Waals surface area (Å²) >= 11 is 0. The summed E-state index contributed by atoms with van der Waals surface area (Å²) in [6.45, 7) is 4.31. The summed E-state index contributed by atoms with van der Waals surface area (Å²) in [7, 11) is 0. The highest BCUT2D eigenvalue weighted by Gasteiger charge is 2.15. The van der Waals surface area contributed by atoms with Gasteiger partial charge in [-0.25, -0.2) is 4.98 Å². The van der Waals surface area contributed by atoms with E-state index in [1.54, 1.807) is 0 Å². The number of nitrogens with zero attached hydrogens (tertiary/aromatic N) is 2. The molecule has 1 aromatic heterocycles. The average Bonchev–Trinajstić information content (AvgIpc) is 2.73. The van der Waals surface area contributed by atoms with Crippen molar-refractivity contribution in [3.63, 3.8) is 0 Å². The Hall–Kier alpha value is -2.03. The van der Waals surface area contributed by atoms with E-state index in [9.17, 15) is 0 Å². The van der Waals surface area contributed by atoms with Gasteiger partial charge in [0.05, 0.1) is 17.1 Å². The van der Waals surface area contributed by atoms with Crippen molar-refractivity contribution in [1.82, 2.24) is 9.55 Å². The maximum atomic E-state index is 4.68. The predicted molar refractivity (Wildman–Crippen MR) is 75.8 cm³/mol. The highest BCUT2D eigenvalue weighted by molar-refractivity contribution is 5.79. The molecule has 0 bridgehead atoms. The van der Waals surface area contributed by atoms with Crippen LogP contribution in [0.3, 0.4) is 0 Å². The van der Waals surface area contributed by atoms with Crippen LogP contribution < -0.4 is 5.32 Å². The van der Waals surface area contributed by atoms with Crippen LogP contribution in [0.25, 0.3) is 11.0 Å². The van der Waals surface area contributed by atoms with E-state index in [4.69, 9.17) is 0 Å². The fourth-order valence-electron chi connectivity index (χ4n) is 2.35. The van der Waals surface area contributed by atoms with Gasteiger partial charge in [0.25, 0.3) is 0 Å². The van der Waals surface area contributed by atoms with Gasteiger partial charge in [-0.2, -0.15) is 0 Å². The first-order valence-corrected chi connectivity index (χ1v) is 6.34. The molecule has 92 valence electrons. The Bertz CT molecular complexity index is 622. The number of benzene rings is 1. The minimum absolute atomic E-state index is 0.274. The quantitative estimate of drug-likeness (QED) is 0.762. The first-order chi connectivity index (χ1) is 8.75. The third-order valence-electron chi connectivity index (χ3n) is 3.26. The number of nitrogens with one attached hydrogen (secondary N) is 1. The van der Waals surface area contributed by atoms with Crippen molar-refractivity contribution in [3.05, 3.63) is 48.6 Å². The number of rotatable bonds is 0. The summed E-state index contributed by atoms with van der Waals surface area (Å²) in [6, 6.07) is 8.82. The lowest BCUT2D eigenvalue weighted by Gasteiger charge is -2.16. The molecule has 18 heavy (non-hydrogen) atoms. The molecule has 2 aromatic rings. The molecule has 1 aromatic carbocycles. The number of anilines is 1. The molecular formula is C15H17N3. The first-order valence-electron chi connectivity index (χ1n) is 6.34. The highest BCUT2D eigenvalue weighted by atomic mass is 15.2. The molecule has 1 aliphatic heterocycles. The van der Waals surface area contributed by atoms with E-state index in [0.29, 0.717) is 0 Å². The molecule has 0 radical (unpaired) electrons. The Morgan fingerprint density at radius 1 is 1.11 bits per heavy atom. The lowest BCUT2D eigenvalue weighted by atomic mass is 10.2. The smallest absolute Gasteiger partial charge is 0.204 e. The Kier molecular flexibility index (Phi) is 2.67. The van der Waals surface area contributed by atoms with Gasteiger partial charge in [-0.3, -0.25) is 0 Å². The second-order valence-corrected chi connectivity index (χ2v) is 4.74. The van der Waals surface area contributed by atoms with Crippen molar-refractivity contribution < 1.29 is 0 Å². The minimum atomic E-state index is 0.274. The van der Waals surface area contributed by atoms with Gasteiger partial charge in [0.2, 0.25) is 5.95 Å². The molecule has 1 N–H and O–H groups in total. The average molecular weight is 239 g/mol. The number of fused-ring (bicyclic) bond motifs is 3. The minimum Gasteiger partial charge on any atom is -0.350 e. The van der Waals surface area contributed by atoms with Crippen molar-refractivity contribution in [2.45, 2.75) is 25.9 Å². The van der Waals surface area contributed by atoms with Gasteiger partial charge in [0.1, 0.15) is 0 Å². The lowest BCUT2D eigenvalue weighted by Crippen LogP contribution is -2.16. The number of allylic oxidation sites excluding steroid dienone is 3. The van der Waals surface area contributed by atoms with E-state index in [1.165, 1.54) is 5.52 Å². The van der Waals surface area contributed by atoms with E-state index < -0.39 is 0 Å². The maximum absolute atomic E-state index is 4.68. The van der Waals surface area contributed by atoms with Gasteiger partial charge < -0.3 is 9.88 Å². The normalized spacial score (nSPS) is 26.6. The molecule has 3 heteroatoms. The summed E-state index contributed by atoms with van der Waals surface area (Å²) in [4.78, 5) is 4.68. The largest absolute Gasteiger partial charge is 0.350 e. The third-order valence-corrected chi connectivity index (χ3v) is 3.26. The molecule has 0 fully saturated rings. The van der Waals surface area contributed by atoms with Crippen LogP contribution in [0.4, 0.5) is 5.95 Å². The van der Waals surface area contributed by atoms with Crippen molar-refractivity contribution in [2.24, 2.45) is 0 Å². The van der Waals surface area contributed by atoms with E-state index >= 15 is 0 Å². The number of hydrogen-bond acceptors (Lipinski definition) is 2. The van der Waals surface area contributed by atoms with E-state index in [2.05, 4.69) is 71.2 Å². The molecular weight excluding hydrogens is 222 g/mol. The van der Waals surface area contributed by atoms with Crippen LogP contribution in [0.15, 0.2) is 48.6 Å². The van der Waals surface area contributed by atoms with Crippen LogP contribution in [0.1, 0.15) is 19.9 Å². The number of imidazole rings is 1. The van der Waals surface area contributed by atoms with Crippen molar-refractivity contribution >= 4 is 17.0 Å². The third kappa shape index (κ3) is 1.82. The number of para-hydroxylation sites is 2. The molecule has 1 aliphatic rings. The Morgan fingerprint density at radius 3 is 2.78 bits per heavy atom. The molecule has 2 unspecified atom stereocenters. The maximum Gasteiger partial charge on any atom is 0.204 e. The highest BCUT2D eigenvalue weighted by Crippen LogP contribution is 2.26. The van der Waals surface area contributed by atoms with Crippen molar-refractivity contribution in [1.29, 1.82) is 0 Å². The molecule has 2 heterocycles. The summed E-state index contributed by atoms with van der Waals surface area (Å²) in [6.07, 6.45) is 8.52. The van der Waals surface area contributed by atoms with Crippen molar-refractivity contribution in [3.8, 4) is 0 Å². The fraction of sp³-hybridized carbons (Fsp3) is 0.267. The van der Waals surface area contributed by atoms with Gasteiger partial charge >= 0.3 is 0 Å². The Balaban J connectivity index is 2.22. The van der Waals surface area contributed by atoms with E-state index in [1.807, 2.05) is 6.07 Å². The molecule has 0 saturated carbocycles. The summed E-state index contributed by atoms with van der Waals surface area (Å²) in [5.74, 6) is 0.937. The topological polar surface area (TPSA) is 29.9 Å². The second-order valence-electron chi connectivity index (χ2n) is 4.74. The van der Waals surface area contributed by atoms with Gasteiger partial charge in [0, 0.05) is 6.04 Å². The molecule has 0 amide bonds. The predicted octanol–water partition coefficient (Wildman–Crippen LogP) is 3.52. The molecule has 0 saturated heterocycles. The van der Waals surface area contributed by atoms with Gasteiger partial charge in [-0.05, 0) is 26.0 Å². The van der Waals surface area contributed by atoms with E-state index in [0.717, 1.165) is 11.5 Å². The van der Waals surface area contributed by atoms with Crippen LogP contribution in [-0.2, 0) is 0 Å². The van der Waals surface area contributed by atoms with Gasteiger partial charge in [-0.15, -0.1) is 0 Å². The summed E-state index contributed by atoms with van der Waals surface area (Å²) in [5, 5.41) is 3.45. The van der Waals surface area contributed by atoms with Crippen molar-refractivity contribution in [2.75, 3.05) is 5.32 Å². The lowest BCUT2D eigenvalue weighted by molar-refractivity contribution is 0.683. The Labute approximate surface area is 107 Å². The zero-order valence-electron chi connectivity index (χ0n) is 10.7. The molecule has 0 spiro atoms. The number of aromatic nitrogens is 2. The van der Waals surface area contributed by atoms with Crippen LogP contribution in [-0.4, -0.2) is 15.6 Å². The SMILES string of the molecule is CC1/C=C\C=C/C(C)n2c(nc3ccccc32)N1. The monoisotopic (exact) mass is 239 g/mol. The molecule has 2 atom stereocenters. The van der Waals surface area contributed by atoms with Crippen LogP contribution in [0.5, 0.6) is 0 Å². The van der Waals surface area contributed by atoms with Gasteiger partial charge in [0.15, 0.2) is 0 Å². The Morgan fingerprint density at radius 2 is 1.89 bits per heavy atom. The van der Waals surface area contributed by atoms with Crippen LogP contribution >= 0.6 is 0 Å². The standard InChI is InChI=1S/C15H17N3/c1-11-7-3-4-8-12(2)18-14-10-6-5-9-13(14)17-15(18)16-11/h3-12H,1-2H3,(H,16,17)/b7-3-,8-4-. The molecule has 0 aliphatic carbocycles. The van der Waals surface area contributed by atoms with Crippen LogP contribution in [0.2, 0.25) is 0 Å². The van der Waals surface area contributed by atoms with Crippen LogP contribution in [0, 0.1) is 0 Å². The molecule has 3 rings (SSSR count). The summed E-state index contributed by atoms with van der Waals surface area (Å²) < 4.78 is 2.25. The van der Waals surface area contributed by atoms with Gasteiger partial charge in [-0.1, -0.05) is 36.4 Å². The first kappa shape index (κ1) is 11.1. The zero-order chi connectivity index (χ0) is 12.5. The second kappa shape index (κ2) is 4.33. The fourth-order valence-corrected chi connectivity index (χ4v) is 2.35. The molecule has 3 nitrogen and oxygen atoms in total. The van der Waals surface area contributed by atoms with E-state index in [-0.39, 0.29) is 12.1 Å². The zero-order valence-corrected chi connectivity index (χ0v) is 10.7. The number of hydrogen-bond donors (Lipinski definition) is 1. The summed E-state index contributed by atoms with van der Waals surface area (Å²) in [5.41, 5.74) is 2.21.